The van der Waals surface area contributed by atoms with Crippen LogP contribution in [0.3, 0.4) is 0 Å². The summed E-state index contributed by atoms with van der Waals surface area (Å²) in [6.45, 7) is 0.450. The molecule has 0 aliphatic rings. The first kappa shape index (κ1) is 26.6. The van der Waals surface area contributed by atoms with Crippen molar-refractivity contribution in [1.82, 2.24) is 25.2 Å². The molecular formula is C29H31N5O4. The fraction of sp³-hybridized carbons (Fsp3) is 0.241. The van der Waals surface area contributed by atoms with Gasteiger partial charge in [-0.25, -0.2) is 4.68 Å². The Morgan fingerprint density at radius 1 is 0.895 bits per heavy atom. The van der Waals surface area contributed by atoms with Crippen molar-refractivity contribution in [3.05, 3.63) is 114 Å². The van der Waals surface area contributed by atoms with Gasteiger partial charge in [0.1, 0.15) is 18.8 Å². The van der Waals surface area contributed by atoms with E-state index in [1.807, 2.05) is 60.7 Å². The van der Waals surface area contributed by atoms with E-state index in [9.17, 15) is 9.59 Å². The number of esters is 1. The van der Waals surface area contributed by atoms with Crippen molar-refractivity contribution in [3.63, 3.8) is 0 Å². The summed E-state index contributed by atoms with van der Waals surface area (Å²) in [5.41, 5.74) is 2.33. The van der Waals surface area contributed by atoms with Crippen molar-refractivity contribution >= 4 is 11.9 Å². The number of hydrogen-bond donors (Lipinski definition) is 1. The van der Waals surface area contributed by atoms with Gasteiger partial charge in [-0.2, -0.15) is 0 Å². The number of ether oxygens (including phenoxy) is 2. The third-order valence-corrected chi connectivity index (χ3v) is 6.38. The molecule has 1 N–H and O–H groups in total. The highest BCUT2D eigenvalue weighted by Gasteiger charge is 2.36. The Morgan fingerprint density at radius 3 is 2.03 bits per heavy atom. The lowest BCUT2D eigenvalue weighted by Crippen LogP contribution is -2.49. The lowest BCUT2D eigenvalue weighted by atomic mass is 9.77. The highest BCUT2D eigenvalue weighted by atomic mass is 16.5. The molecule has 3 aromatic carbocycles. The zero-order valence-corrected chi connectivity index (χ0v) is 21.5. The molecule has 0 aliphatic heterocycles. The van der Waals surface area contributed by atoms with Gasteiger partial charge in [-0.1, -0.05) is 78.0 Å². The lowest BCUT2D eigenvalue weighted by Gasteiger charge is -2.38. The van der Waals surface area contributed by atoms with E-state index < -0.39 is 11.5 Å². The molecule has 4 aromatic rings. The van der Waals surface area contributed by atoms with E-state index in [-0.39, 0.29) is 25.5 Å². The molecule has 1 amide bonds. The van der Waals surface area contributed by atoms with Gasteiger partial charge in [0.05, 0.1) is 26.0 Å². The van der Waals surface area contributed by atoms with Crippen LogP contribution in [-0.2, 0) is 26.4 Å². The van der Waals surface area contributed by atoms with E-state index in [1.165, 1.54) is 22.9 Å². The van der Waals surface area contributed by atoms with Crippen LogP contribution in [0, 0.1) is 0 Å². The van der Waals surface area contributed by atoms with Crippen LogP contribution < -0.4 is 10.1 Å². The molecule has 0 atom stereocenters. The van der Waals surface area contributed by atoms with Gasteiger partial charge < -0.3 is 14.4 Å². The number of amides is 1. The smallest absolute Gasteiger partial charge is 0.325 e. The molecule has 9 heteroatoms. The van der Waals surface area contributed by atoms with Crippen LogP contribution in [0.4, 0.5) is 0 Å². The van der Waals surface area contributed by atoms with E-state index in [0.29, 0.717) is 6.54 Å². The summed E-state index contributed by atoms with van der Waals surface area (Å²) in [4.78, 5) is 26.7. The second kappa shape index (κ2) is 12.6. The first-order valence-corrected chi connectivity index (χ1v) is 12.3. The lowest BCUT2D eigenvalue weighted by molar-refractivity contribution is -0.147. The Bertz CT molecular complexity index is 1260. The highest BCUT2D eigenvalue weighted by molar-refractivity contribution is 5.81. The summed E-state index contributed by atoms with van der Waals surface area (Å²) in [6.07, 6.45) is 3.11. The molecule has 0 saturated carbocycles. The Labute approximate surface area is 222 Å². The van der Waals surface area contributed by atoms with Crippen molar-refractivity contribution in [2.24, 2.45) is 0 Å². The van der Waals surface area contributed by atoms with Crippen LogP contribution in [0.5, 0.6) is 5.75 Å². The van der Waals surface area contributed by atoms with Gasteiger partial charge in [0.25, 0.3) is 0 Å². The van der Waals surface area contributed by atoms with Gasteiger partial charge in [-0.15, -0.1) is 5.10 Å². The minimum Gasteiger partial charge on any atom is -0.497 e. The number of methoxy groups -OCH3 is 2. The Hall–Kier alpha value is -4.50. The number of nitrogens with zero attached hydrogens (tertiary/aromatic N) is 4. The Balaban J connectivity index is 1.68. The van der Waals surface area contributed by atoms with E-state index in [2.05, 4.69) is 39.9 Å². The maximum Gasteiger partial charge on any atom is 0.325 e. The van der Waals surface area contributed by atoms with Gasteiger partial charge in [-0.3, -0.25) is 14.9 Å². The summed E-state index contributed by atoms with van der Waals surface area (Å²) < 4.78 is 11.7. The largest absolute Gasteiger partial charge is 0.497 e. The monoisotopic (exact) mass is 513 g/mol. The maximum atomic E-state index is 13.1. The van der Waals surface area contributed by atoms with Crippen molar-refractivity contribution in [3.8, 4) is 5.75 Å². The van der Waals surface area contributed by atoms with Gasteiger partial charge in [0.2, 0.25) is 5.91 Å². The molecule has 196 valence electrons. The SMILES string of the molecule is COC(=O)CN(CCNC(c1ccccc1)(c1ccccc1)c1ccc(OC)cc1)C(=O)Cn1ccnn1. The van der Waals surface area contributed by atoms with Crippen LogP contribution in [-0.4, -0.2) is 65.6 Å². The average molecular weight is 514 g/mol. The normalized spacial score (nSPS) is 11.1. The first-order chi connectivity index (χ1) is 18.6. The number of carbonyl (C=O) groups is 2. The number of nitrogens with one attached hydrogen (secondary N) is 1. The third kappa shape index (κ3) is 6.07. The number of aromatic nitrogens is 3. The van der Waals surface area contributed by atoms with Crippen molar-refractivity contribution < 1.29 is 19.1 Å². The van der Waals surface area contributed by atoms with Crippen LogP contribution in [0.1, 0.15) is 16.7 Å². The van der Waals surface area contributed by atoms with Crippen LogP contribution in [0.2, 0.25) is 0 Å². The molecule has 4 rings (SSSR count). The molecule has 9 nitrogen and oxygen atoms in total. The molecule has 1 aromatic heterocycles. The number of hydrogen-bond acceptors (Lipinski definition) is 7. The summed E-state index contributed by atoms with van der Waals surface area (Å²) in [5, 5.41) is 11.3. The predicted molar refractivity (Wildman–Crippen MR) is 142 cm³/mol. The molecule has 0 radical (unpaired) electrons. The number of benzene rings is 3. The molecule has 0 aliphatic carbocycles. The highest BCUT2D eigenvalue weighted by Crippen LogP contribution is 2.37. The average Bonchev–Trinajstić information content (AvgIpc) is 3.49. The van der Waals surface area contributed by atoms with Crippen LogP contribution >= 0.6 is 0 Å². The third-order valence-electron chi connectivity index (χ3n) is 6.38. The topological polar surface area (TPSA) is 98.6 Å². The number of carbonyl (C=O) groups excluding carboxylic acids is 2. The fourth-order valence-corrected chi connectivity index (χ4v) is 4.47. The van der Waals surface area contributed by atoms with Crippen LogP contribution in [0.25, 0.3) is 0 Å². The van der Waals surface area contributed by atoms with Crippen molar-refractivity contribution in [1.29, 1.82) is 0 Å². The van der Waals surface area contributed by atoms with Gasteiger partial charge in [-0.05, 0) is 28.8 Å². The minimum absolute atomic E-state index is 0.0298. The molecule has 38 heavy (non-hydrogen) atoms. The quantitative estimate of drug-likeness (QED) is 0.230. The Kier molecular flexibility index (Phi) is 8.84. The molecule has 0 saturated heterocycles. The molecule has 0 bridgehead atoms. The first-order valence-electron chi connectivity index (χ1n) is 12.3. The molecule has 0 fully saturated rings. The summed E-state index contributed by atoms with van der Waals surface area (Å²) in [7, 11) is 2.95. The second-order valence-corrected chi connectivity index (χ2v) is 8.63. The Morgan fingerprint density at radius 2 is 1.50 bits per heavy atom. The maximum absolute atomic E-state index is 13.1. The van der Waals surface area contributed by atoms with Crippen LogP contribution in [0.15, 0.2) is 97.3 Å². The second-order valence-electron chi connectivity index (χ2n) is 8.63. The van der Waals surface area contributed by atoms with E-state index in [1.54, 1.807) is 13.3 Å². The summed E-state index contributed by atoms with van der Waals surface area (Å²) in [5.74, 6) is -0.00613. The van der Waals surface area contributed by atoms with Crippen molar-refractivity contribution in [2.75, 3.05) is 33.9 Å². The van der Waals surface area contributed by atoms with Crippen molar-refractivity contribution in [2.45, 2.75) is 12.1 Å². The summed E-state index contributed by atoms with van der Waals surface area (Å²) in [6, 6.07) is 28.2. The van der Waals surface area contributed by atoms with Gasteiger partial charge in [0, 0.05) is 19.3 Å². The zero-order chi connectivity index (χ0) is 26.8. The predicted octanol–water partition coefficient (Wildman–Crippen LogP) is 2.87. The fourth-order valence-electron chi connectivity index (χ4n) is 4.47. The van der Waals surface area contributed by atoms with E-state index in [4.69, 9.17) is 9.47 Å². The molecule has 0 unspecified atom stereocenters. The number of rotatable bonds is 12. The van der Waals surface area contributed by atoms with E-state index >= 15 is 0 Å². The van der Waals surface area contributed by atoms with Gasteiger partial charge in [0.15, 0.2) is 0 Å². The molecule has 1 heterocycles. The zero-order valence-electron chi connectivity index (χ0n) is 21.5. The standard InChI is InChI=1S/C29H31N5O4/c1-37-26-15-13-25(14-16-26)29(23-9-5-3-6-10-23,24-11-7-4-8-12-24)30-17-19-33(22-28(36)38-2)27(35)21-34-20-18-31-32-34/h3-16,18,20,30H,17,19,21-22H2,1-2H3. The van der Waals surface area contributed by atoms with E-state index in [0.717, 1.165) is 22.4 Å². The van der Waals surface area contributed by atoms with Gasteiger partial charge >= 0.3 is 5.97 Å². The molecule has 0 spiro atoms. The summed E-state index contributed by atoms with van der Waals surface area (Å²) >= 11 is 0. The molecular weight excluding hydrogens is 482 g/mol. The minimum atomic E-state index is -0.735.